The Morgan fingerprint density at radius 3 is 2.60 bits per heavy atom. The lowest BCUT2D eigenvalue weighted by Crippen LogP contribution is -1.85. The second-order valence-corrected chi connectivity index (χ2v) is 4.79. The van der Waals surface area contributed by atoms with Crippen LogP contribution in [-0.2, 0) is 0 Å². The van der Waals surface area contributed by atoms with Crippen LogP contribution in [0.2, 0.25) is 0 Å². The van der Waals surface area contributed by atoms with Gasteiger partial charge in [0.15, 0.2) is 6.29 Å². The Bertz CT molecular complexity index is 550. The molecule has 0 aromatic heterocycles. The molecule has 0 saturated carbocycles. The van der Waals surface area contributed by atoms with Gasteiger partial charge in [-0.3, -0.25) is 4.79 Å². The summed E-state index contributed by atoms with van der Waals surface area (Å²) >= 11 is 6.62. The first-order valence-electron chi connectivity index (χ1n) is 4.20. The second-order valence-electron chi connectivity index (χ2n) is 3.08. The van der Waals surface area contributed by atoms with E-state index < -0.39 is 0 Å². The Kier molecular flexibility index (Phi) is 2.80. The number of benzene rings is 2. The molecule has 0 bridgehead atoms. The Labute approximate surface area is 103 Å². The van der Waals surface area contributed by atoms with Gasteiger partial charge in [-0.25, -0.2) is 0 Å². The molecule has 0 amide bonds. The van der Waals surface area contributed by atoms with Crippen molar-refractivity contribution in [3.63, 3.8) is 0 Å². The minimum atomic E-state index is 0.0934. The van der Waals surface area contributed by atoms with Crippen LogP contribution in [0.25, 0.3) is 10.8 Å². The molecule has 0 fully saturated rings. The van der Waals surface area contributed by atoms with Gasteiger partial charge in [0.05, 0.1) is 4.47 Å². The number of halogens is 2. The summed E-state index contributed by atoms with van der Waals surface area (Å²) in [6.07, 6.45) is 0.737. The SMILES string of the molecule is O=Cc1cccc2c(Br)cc(Br)c(O)c12. The summed E-state index contributed by atoms with van der Waals surface area (Å²) in [5.41, 5.74) is 0.479. The molecule has 0 spiro atoms. The monoisotopic (exact) mass is 328 g/mol. The Morgan fingerprint density at radius 1 is 1.20 bits per heavy atom. The molecule has 0 unspecified atom stereocenters. The highest BCUT2D eigenvalue weighted by Gasteiger charge is 2.11. The van der Waals surface area contributed by atoms with Crippen molar-refractivity contribution in [3.05, 3.63) is 38.8 Å². The molecule has 0 aliphatic carbocycles. The van der Waals surface area contributed by atoms with Gasteiger partial charge in [0.25, 0.3) is 0 Å². The molecule has 0 heterocycles. The van der Waals surface area contributed by atoms with E-state index in [0.717, 1.165) is 16.1 Å². The maximum atomic E-state index is 10.9. The molecule has 0 aliphatic rings. The Balaban J connectivity index is 3.03. The number of phenolic OH excluding ortho intramolecular Hbond substituents is 1. The number of hydrogen-bond donors (Lipinski definition) is 1. The van der Waals surface area contributed by atoms with E-state index >= 15 is 0 Å². The van der Waals surface area contributed by atoms with Gasteiger partial charge in [-0.2, -0.15) is 0 Å². The predicted molar refractivity (Wildman–Crippen MR) is 66.4 cm³/mol. The van der Waals surface area contributed by atoms with E-state index in [-0.39, 0.29) is 5.75 Å². The number of carbonyl (C=O) groups excluding carboxylic acids is 1. The predicted octanol–water partition coefficient (Wildman–Crippen LogP) is 3.88. The number of fused-ring (bicyclic) bond motifs is 1. The summed E-state index contributed by atoms with van der Waals surface area (Å²) < 4.78 is 1.40. The summed E-state index contributed by atoms with van der Waals surface area (Å²) in [7, 11) is 0. The van der Waals surface area contributed by atoms with Gasteiger partial charge in [-0.1, -0.05) is 34.1 Å². The van der Waals surface area contributed by atoms with E-state index in [4.69, 9.17) is 0 Å². The van der Waals surface area contributed by atoms with Crippen LogP contribution in [0.4, 0.5) is 0 Å². The lowest BCUT2D eigenvalue weighted by atomic mass is 10.0. The number of hydrogen-bond acceptors (Lipinski definition) is 2. The lowest BCUT2D eigenvalue weighted by molar-refractivity contribution is 0.112. The average Bonchev–Trinajstić information content (AvgIpc) is 2.25. The van der Waals surface area contributed by atoms with E-state index in [2.05, 4.69) is 31.9 Å². The van der Waals surface area contributed by atoms with Gasteiger partial charge in [-0.15, -0.1) is 0 Å². The first-order valence-corrected chi connectivity index (χ1v) is 5.78. The summed E-state index contributed by atoms with van der Waals surface area (Å²) in [6, 6.07) is 7.06. The largest absolute Gasteiger partial charge is 0.506 e. The molecule has 76 valence electrons. The van der Waals surface area contributed by atoms with Crippen LogP contribution in [0.3, 0.4) is 0 Å². The molecule has 1 N–H and O–H groups in total. The molecule has 0 saturated heterocycles. The fourth-order valence-electron chi connectivity index (χ4n) is 1.51. The number of phenols is 1. The standard InChI is InChI=1S/C11H6Br2O2/c12-8-4-9(13)11(15)10-6(5-14)2-1-3-7(8)10/h1-5,15H. The van der Waals surface area contributed by atoms with Crippen molar-refractivity contribution in [2.45, 2.75) is 0 Å². The smallest absolute Gasteiger partial charge is 0.150 e. The Morgan fingerprint density at radius 2 is 1.93 bits per heavy atom. The van der Waals surface area contributed by atoms with Crippen molar-refractivity contribution in [1.82, 2.24) is 0 Å². The van der Waals surface area contributed by atoms with Crippen molar-refractivity contribution in [2.75, 3.05) is 0 Å². The number of aldehydes is 1. The summed E-state index contributed by atoms with van der Waals surface area (Å²) in [5.74, 6) is 0.0934. The zero-order chi connectivity index (χ0) is 11.0. The molecule has 2 aromatic rings. The molecule has 4 heteroatoms. The van der Waals surface area contributed by atoms with Crippen LogP contribution in [-0.4, -0.2) is 11.4 Å². The molecule has 0 aliphatic heterocycles. The molecule has 0 radical (unpaired) electrons. The van der Waals surface area contributed by atoms with Gasteiger partial charge >= 0.3 is 0 Å². The quantitative estimate of drug-likeness (QED) is 0.806. The number of rotatable bonds is 1. The number of carbonyl (C=O) groups is 1. The zero-order valence-corrected chi connectivity index (χ0v) is 10.7. The maximum Gasteiger partial charge on any atom is 0.150 e. The van der Waals surface area contributed by atoms with Crippen molar-refractivity contribution < 1.29 is 9.90 Å². The molecule has 0 atom stereocenters. The van der Waals surface area contributed by atoms with Gasteiger partial charge < -0.3 is 5.11 Å². The van der Waals surface area contributed by atoms with Gasteiger partial charge in [-0.05, 0) is 22.0 Å². The van der Waals surface area contributed by atoms with Crippen molar-refractivity contribution >= 4 is 48.9 Å². The Hall–Kier alpha value is -0.870. The topological polar surface area (TPSA) is 37.3 Å². The van der Waals surface area contributed by atoms with Crippen molar-refractivity contribution in [2.24, 2.45) is 0 Å². The van der Waals surface area contributed by atoms with Gasteiger partial charge in [0.1, 0.15) is 5.75 Å². The summed E-state index contributed by atoms with van der Waals surface area (Å²) in [5, 5.41) is 11.3. The van der Waals surface area contributed by atoms with Crippen LogP contribution in [0.1, 0.15) is 10.4 Å². The van der Waals surface area contributed by atoms with E-state index in [1.54, 1.807) is 18.2 Å². The normalized spacial score (nSPS) is 10.5. The minimum Gasteiger partial charge on any atom is -0.506 e. The van der Waals surface area contributed by atoms with Crippen LogP contribution in [0.15, 0.2) is 33.2 Å². The molecular formula is C11H6Br2O2. The van der Waals surface area contributed by atoms with E-state index in [9.17, 15) is 9.90 Å². The van der Waals surface area contributed by atoms with E-state index in [1.165, 1.54) is 0 Å². The number of aromatic hydroxyl groups is 1. The molecule has 2 aromatic carbocycles. The fourth-order valence-corrected chi connectivity index (χ4v) is 2.80. The highest BCUT2D eigenvalue weighted by atomic mass is 79.9. The first-order chi connectivity index (χ1) is 7.15. The van der Waals surface area contributed by atoms with Gasteiger partial charge in [0, 0.05) is 20.8 Å². The molecule has 15 heavy (non-hydrogen) atoms. The van der Waals surface area contributed by atoms with Crippen LogP contribution in [0, 0.1) is 0 Å². The lowest BCUT2D eigenvalue weighted by Gasteiger charge is -2.07. The third-order valence-corrected chi connectivity index (χ3v) is 3.46. The highest BCUT2D eigenvalue weighted by Crippen LogP contribution is 2.38. The van der Waals surface area contributed by atoms with Crippen LogP contribution in [0.5, 0.6) is 5.75 Å². The zero-order valence-electron chi connectivity index (χ0n) is 7.50. The summed E-state index contributed by atoms with van der Waals surface area (Å²) in [4.78, 5) is 10.9. The molecular weight excluding hydrogens is 324 g/mol. The highest BCUT2D eigenvalue weighted by molar-refractivity contribution is 9.11. The van der Waals surface area contributed by atoms with Crippen LogP contribution >= 0.6 is 31.9 Å². The van der Waals surface area contributed by atoms with Crippen LogP contribution < -0.4 is 0 Å². The van der Waals surface area contributed by atoms with Crippen molar-refractivity contribution in [3.8, 4) is 5.75 Å². The fraction of sp³-hybridized carbons (Fsp3) is 0. The summed E-state index contributed by atoms with van der Waals surface area (Å²) in [6.45, 7) is 0. The van der Waals surface area contributed by atoms with E-state index in [0.29, 0.717) is 15.4 Å². The van der Waals surface area contributed by atoms with Gasteiger partial charge in [0.2, 0.25) is 0 Å². The second kappa shape index (κ2) is 3.94. The maximum absolute atomic E-state index is 10.9. The third kappa shape index (κ3) is 1.68. The minimum absolute atomic E-state index is 0.0934. The average molecular weight is 330 g/mol. The van der Waals surface area contributed by atoms with Crippen molar-refractivity contribution in [1.29, 1.82) is 0 Å². The molecule has 2 rings (SSSR count). The third-order valence-electron chi connectivity index (χ3n) is 2.20. The molecule has 2 nitrogen and oxygen atoms in total. The first kappa shape index (κ1) is 10.6. The van der Waals surface area contributed by atoms with E-state index in [1.807, 2.05) is 6.07 Å².